The van der Waals surface area contributed by atoms with Crippen molar-refractivity contribution in [1.29, 1.82) is 0 Å². The summed E-state index contributed by atoms with van der Waals surface area (Å²) >= 11 is 3.88. The van der Waals surface area contributed by atoms with Crippen molar-refractivity contribution < 1.29 is 0 Å². The number of nitrogens with zero attached hydrogens (tertiary/aromatic N) is 1. The van der Waals surface area contributed by atoms with Crippen molar-refractivity contribution in [3.63, 3.8) is 0 Å². The highest BCUT2D eigenvalue weighted by atomic mass is 79.9. The molecule has 1 N–H and O–H groups in total. The van der Waals surface area contributed by atoms with E-state index in [4.69, 9.17) is 4.98 Å². The van der Waals surface area contributed by atoms with Crippen molar-refractivity contribution in [2.45, 2.75) is 118 Å². The Morgan fingerprint density at radius 1 is 0.778 bits per heavy atom. The molecule has 2 aliphatic carbocycles. The molecule has 0 saturated heterocycles. The summed E-state index contributed by atoms with van der Waals surface area (Å²) in [4.78, 5) is 9.33. The molecule has 0 saturated carbocycles. The third-order valence-electron chi connectivity index (χ3n) is 11.9. The van der Waals surface area contributed by atoms with Gasteiger partial charge >= 0.3 is 0 Å². The van der Waals surface area contributed by atoms with Gasteiger partial charge in [-0.2, -0.15) is 0 Å². The van der Waals surface area contributed by atoms with Gasteiger partial charge in [0.2, 0.25) is 0 Å². The minimum absolute atomic E-state index is 0.00193. The molecule has 36 heavy (non-hydrogen) atoms. The summed E-state index contributed by atoms with van der Waals surface area (Å²) in [5, 5.41) is 0. The number of hydrogen-bond acceptors (Lipinski definition) is 1. The van der Waals surface area contributed by atoms with E-state index in [1.807, 2.05) is 0 Å². The van der Waals surface area contributed by atoms with Gasteiger partial charge in [0.25, 0.3) is 0 Å². The second-order valence-corrected chi connectivity index (χ2v) is 15.4. The van der Waals surface area contributed by atoms with Crippen LogP contribution in [0.25, 0.3) is 22.4 Å². The Kier molecular flexibility index (Phi) is 5.26. The molecule has 2 aromatic carbocycles. The van der Waals surface area contributed by atoms with Gasteiger partial charge in [0.15, 0.2) is 0 Å². The smallest absolute Gasteiger partial charge is 0.139 e. The molecule has 3 heteroatoms. The Hall–Kier alpha value is -1.61. The molecule has 3 aromatic rings. The molecule has 2 aliphatic rings. The highest BCUT2D eigenvalue weighted by Crippen LogP contribution is 2.76. The summed E-state index contributed by atoms with van der Waals surface area (Å²) in [5.41, 5.74) is 11.2. The molecule has 0 bridgehead atoms. The number of benzene rings is 2. The zero-order valence-corrected chi connectivity index (χ0v) is 26.3. The van der Waals surface area contributed by atoms with Gasteiger partial charge in [-0.1, -0.05) is 112 Å². The Morgan fingerprint density at radius 3 is 1.92 bits per heavy atom. The highest BCUT2D eigenvalue weighted by Gasteiger charge is 2.72. The third kappa shape index (κ3) is 2.67. The van der Waals surface area contributed by atoms with Gasteiger partial charge in [0, 0.05) is 15.5 Å². The minimum Gasteiger partial charge on any atom is -0.338 e. The van der Waals surface area contributed by atoms with E-state index in [0.29, 0.717) is 11.8 Å². The molecule has 0 fully saturated rings. The first-order valence-electron chi connectivity index (χ1n) is 13.8. The Bertz CT molecular complexity index is 1410. The lowest BCUT2D eigenvalue weighted by Gasteiger charge is -2.56. The van der Waals surface area contributed by atoms with Gasteiger partial charge in [0.05, 0.1) is 11.0 Å². The molecule has 1 unspecified atom stereocenters. The fraction of sp³-hybridized carbons (Fsp3) is 0.606. The van der Waals surface area contributed by atoms with E-state index in [2.05, 4.69) is 129 Å². The summed E-state index contributed by atoms with van der Waals surface area (Å²) < 4.78 is 1.17. The van der Waals surface area contributed by atoms with Gasteiger partial charge < -0.3 is 4.98 Å². The standard InChI is InChI=1S/C33H45BrN2/c1-17(2)19-14-15-21(34)23(18(3)4)24(19)28-35-22-16-20-25-26(27(22)36-28)30(7,8)32(11,12)33(25,13)31(9,10)29(20,5)6/h14-18H,1-13H3,(H,35,36). The molecule has 5 rings (SSSR count). The van der Waals surface area contributed by atoms with Gasteiger partial charge in [-0.3, -0.25) is 0 Å². The van der Waals surface area contributed by atoms with Crippen LogP contribution in [-0.2, 0) is 16.2 Å². The summed E-state index contributed by atoms with van der Waals surface area (Å²) in [6, 6.07) is 6.92. The number of fused-ring (bicyclic) bond motifs is 2. The molecule has 2 nitrogen and oxygen atoms in total. The van der Waals surface area contributed by atoms with Crippen LogP contribution in [0.15, 0.2) is 22.7 Å². The maximum absolute atomic E-state index is 5.39. The Morgan fingerprint density at radius 2 is 1.36 bits per heavy atom. The van der Waals surface area contributed by atoms with E-state index >= 15 is 0 Å². The molecular formula is C33H45BrN2. The third-order valence-corrected chi connectivity index (χ3v) is 12.6. The summed E-state index contributed by atoms with van der Waals surface area (Å²) in [5.74, 6) is 1.81. The number of rotatable bonds is 3. The highest BCUT2D eigenvalue weighted by molar-refractivity contribution is 9.10. The van der Waals surface area contributed by atoms with Gasteiger partial charge in [0.1, 0.15) is 5.82 Å². The Labute approximate surface area is 227 Å². The predicted molar refractivity (Wildman–Crippen MR) is 158 cm³/mol. The van der Waals surface area contributed by atoms with Crippen LogP contribution in [0.3, 0.4) is 0 Å². The monoisotopic (exact) mass is 548 g/mol. The maximum atomic E-state index is 5.39. The number of H-pyrrole nitrogens is 1. The number of imidazole rings is 1. The quantitative estimate of drug-likeness (QED) is 0.346. The minimum atomic E-state index is 0.00193. The van der Waals surface area contributed by atoms with Crippen LogP contribution in [0.1, 0.15) is 130 Å². The average molecular weight is 550 g/mol. The lowest BCUT2D eigenvalue weighted by Crippen LogP contribution is -2.55. The number of aromatic amines is 1. The number of hydrogen-bond donors (Lipinski definition) is 1. The topological polar surface area (TPSA) is 28.7 Å². The van der Waals surface area contributed by atoms with Crippen molar-refractivity contribution in [3.05, 3.63) is 50.5 Å². The first kappa shape index (κ1) is 26.0. The van der Waals surface area contributed by atoms with Crippen LogP contribution in [0.2, 0.25) is 0 Å². The van der Waals surface area contributed by atoms with Crippen LogP contribution >= 0.6 is 15.9 Å². The van der Waals surface area contributed by atoms with E-state index in [0.717, 1.165) is 11.3 Å². The van der Waals surface area contributed by atoms with E-state index in [1.165, 1.54) is 37.8 Å². The zero-order valence-electron chi connectivity index (χ0n) is 24.7. The van der Waals surface area contributed by atoms with Crippen LogP contribution in [0, 0.1) is 10.8 Å². The SMILES string of the molecule is CC(C)c1ccc(Br)c(C(C)C)c1-c1nc2cc3c4c(c2[nH]1)C(C)(C)C(C)(C)C4(C)C(C)(C)C3(C)C. The first-order valence-corrected chi connectivity index (χ1v) is 14.6. The molecule has 0 amide bonds. The largest absolute Gasteiger partial charge is 0.338 e. The molecule has 1 aromatic heterocycles. The number of aromatic nitrogens is 2. The summed E-state index contributed by atoms with van der Waals surface area (Å²) in [6.45, 7) is 31.5. The number of halogens is 1. The van der Waals surface area contributed by atoms with Crippen LogP contribution in [-0.4, -0.2) is 9.97 Å². The van der Waals surface area contributed by atoms with E-state index in [1.54, 1.807) is 5.56 Å². The number of nitrogens with one attached hydrogen (secondary N) is 1. The van der Waals surface area contributed by atoms with Gasteiger partial charge in [-0.05, 0) is 73.4 Å². The average Bonchev–Trinajstić information content (AvgIpc) is 3.26. The van der Waals surface area contributed by atoms with Gasteiger partial charge in [-0.15, -0.1) is 0 Å². The molecular weight excluding hydrogens is 504 g/mol. The molecule has 0 radical (unpaired) electrons. The van der Waals surface area contributed by atoms with Crippen molar-refractivity contribution >= 4 is 27.0 Å². The molecule has 0 aliphatic heterocycles. The van der Waals surface area contributed by atoms with Crippen LogP contribution in [0.4, 0.5) is 0 Å². The van der Waals surface area contributed by atoms with E-state index in [-0.39, 0.29) is 27.1 Å². The predicted octanol–water partition coefficient (Wildman–Crippen LogP) is 10.1. The van der Waals surface area contributed by atoms with Gasteiger partial charge in [-0.25, -0.2) is 4.98 Å². The Balaban J connectivity index is 1.93. The van der Waals surface area contributed by atoms with E-state index < -0.39 is 0 Å². The maximum Gasteiger partial charge on any atom is 0.139 e. The lowest BCUT2D eigenvalue weighted by atomic mass is 9.47. The molecule has 194 valence electrons. The van der Waals surface area contributed by atoms with Crippen LogP contribution < -0.4 is 0 Å². The fourth-order valence-corrected chi connectivity index (χ4v) is 8.92. The zero-order chi connectivity index (χ0) is 27.0. The molecule has 0 spiro atoms. The van der Waals surface area contributed by atoms with Crippen molar-refractivity contribution in [2.75, 3.05) is 0 Å². The van der Waals surface area contributed by atoms with Crippen molar-refractivity contribution in [3.8, 4) is 11.4 Å². The van der Waals surface area contributed by atoms with Crippen LogP contribution in [0.5, 0.6) is 0 Å². The second kappa shape index (κ2) is 7.28. The normalized spacial score (nSPS) is 24.8. The summed E-state index contributed by atoms with van der Waals surface area (Å²) in [6.07, 6.45) is 0. The van der Waals surface area contributed by atoms with Crippen molar-refractivity contribution in [1.82, 2.24) is 9.97 Å². The van der Waals surface area contributed by atoms with Crippen molar-refractivity contribution in [2.24, 2.45) is 10.8 Å². The summed E-state index contributed by atoms with van der Waals surface area (Å²) in [7, 11) is 0. The van der Waals surface area contributed by atoms with E-state index in [9.17, 15) is 0 Å². The lowest BCUT2D eigenvalue weighted by molar-refractivity contribution is -0.0103. The second-order valence-electron chi connectivity index (χ2n) is 14.5. The molecule has 1 heterocycles. The fourth-order valence-electron chi connectivity index (χ4n) is 8.13. The first-order chi connectivity index (χ1) is 16.4. The molecule has 1 atom stereocenters.